The van der Waals surface area contributed by atoms with Crippen LogP contribution >= 0.6 is 0 Å². The van der Waals surface area contributed by atoms with Gasteiger partial charge in [-0.3, -0.25) is 29.6 Å². The van der Waals surface area contributed by atoms with Crippen LogP contribution in [0.1, 0.15) is 5.56 Å². The van der Waals surface area contributed by atoms with Crippen molar-refractivity contribution in [1.82, 2.24) is 14.3 Å². The molecule has 0 unspecified atom stereocenters. The normalized spacial score (nSPS) is 11.3. The number of hydrogen-bond donors (Lipinski definition) is 1. The summed E-state index contributed by atoms with van der Waals surface area (Å²) in [5, 5.41) is 22.3. The summed E-state index contributed by atoms with van der Waals surface area (Å²) in [7, 11) is -4.36. The summed E-state index contributed by atoms with van der Waals surface area (Å²) in [5.74, 6) is -0.441. The Labute approximate surface area is 185 Å². The Balaban J connectivity index is 1.78. The van der Waals surface area contributed by atoms with E-state index in [2.05, 4.69) is 9.71 Å². The lowest BCUT2D eigenvalue weighted by Crippen LogP contribution is -2.31. The molecule has 0 aliphatic carbocycles. The van der Waals surface area contributed by atoms with Crippen LogP contribution in [0, 0.1) is 33.0 Å². The maximum atomic E-state index is 13.0. The summed E-state index contributed by atoms with van der Waals surface area (Å²) in [6.07, 6.45) is 1.19. The van der Waals surface area contributed by atoms with Crippen molar-refractivity contribution in [2.24, 2.45) is 0 Å². The number of hydrogen-bond acceptors (Lipinski definition) is 8. The summed E-state index contributed by atoms with van der Waals surface area (Å²) in [4.78, 5) is 36.3. The van der Waals surface area contributed by atoms with Gasteiger partial charge in [0.1, 0.15) is 11.4 Å². The minimum atomic E-state index is -4.36. The lowest BCUT2D eigenvalue weighted by atomic mass is 10.1. The highest BCUT2D eigenvalue weighted by Crippen LogP contribution is 2.31. The van der Waals surface area contributed by atoms with Gasteiger partial charge < -0.3 is 0 Å². The average molecular weight is 477 g/mol. The van der Waals surface area contributed by atoms with E-state index >= 15 is 0 Å². The second-order valence-corrected chi connectivity index (χ2v) is 8.58. The Morgan fingerprint density at radius 2 is 1.64 bits per heavy atom. The van der Waals surface area contributed by atoms with Crippen molar-refractivity contribution >= 4 is 21.4 Å². The predicted molar refractivity (Wildman–Crippen MR) is 114 cm³/mol. The van der Waals surface area contributed by atoms with E-state index in [9.17, 15) is 37.8 Å². The van der Waals surface area contributed by atoms with Crippen LogP contribution in [0.25, 0.3) is 11.3 Å². The van der Waals surface area contributed by atoms with Crippen LogP contribution < -0.4 is 10.3 Å². The van der Waals surface area contributed by atoms with Crippen molar-refractivity contribution in [3.05, 3.63) is 90.8 Å². The largest absolute Gasteiger partial charge is 0.298 e. The minimum Gasteiger partial charge on any atom is -0.298 e. The van der Waals surface area contributed by atoms with Crippen LogP contribution in [0.2, 0.25) is 0 Å². The number of nitro benzene ring substituents is 2. The van der Waals surface area contributed by atoms with Crippen molar-refractivity contribution in [3.63, 3.8) is 0 Å². The number of nitrogens with one attached hydrogen (secondary N) is 1. The first kappa shape index (κ1) is 23.6. The number of halogens is 1. The number of nitro groups is 2. The van der Waals surface area contributed by atoms with E-state index in [1.54, 1.807) is 0 Å². The van der Waals surface area contributed by atoms with Gasteiger partial charge in [-0.15, -0.1) is 0 Å². The topological polar surface area (TPSA) is 167 Å². The molecule has 2 aromatic carbocycles. The van der Waals surface area contributed by atoms with Crippen molar-refractivity contribution in [2.75, 3.05) is 6.54 Å². The summed E-state index contributed by atoms with van der Waals surface area (Å²) in [6, 6.07) is 8.01. The molecule has 0 aliphatic rings. The number of aromatic nitrogens is 2. The molecule has 0 radical (unpaired) electrons. The first-order chi connectivity index (χ1) is 15.5. The molecule has 0 amide bonds. The van der Waals surface area contributed by atoms with Crippen LogP contribution in [0.15, 0.2) is 58.5 Å². The van der Waals surface area contributed by atoms with E-state index < -0.39 is 47.5 Å². The average Bonchev–Trinajstić information content (AvgIpc) is 2.75. The first-order valence-corrected chi connectivity index (χ1v) is 10.7. The van der Waals surface area contributed by atoms with Crippen molar-refractivity contribution < 1.29 is 22.7 Å². The van der Waals surface area contributed by atoms with Crippen molar-refractivity contribution in [3.8, 4) is 11.3 Å². The highest BCUT2D eigenvalue weighted by atomic mass is 32.2. The maximum absolute atomic E-state index is 13.0. The summed E-state index contributed by atoms with van der Waals surface area (Å²) in [6.45, 7) is 0.717. The smallest absolute Gasteiger partial charge is 0.280 e. The quantitative estimate of drug-likeness (QED) is 0.380. The van der Waals surface area contributed by atoms with Crippen LogP contribution in [0.3, 0.4) is 0 Å². The molecule has 3 aromatic rings. The van der Waals surface area contributed by atoms with Crippen LogP contribution in [0.4, 0.5) is 15.8 Å². The molecule has 0 spiro atoms. The van der Waals surface area contributed by atoms with E-state index in [0.717, 1.165) is 23.6 Å². The molecular formula is C19H16FN5O7S. The van der Waals surface area contributed by atoms with Crippen LogP contribution in [-0.2, 0) is 16.6 Å². The van der Waals surface area contributed by atoms with Gasteiger partial charge in [0.2, 0.25) is 10.0 Å². The van der Waals surface area contributed by atoms with Gasteiger partial charge in [-0.1, -0.05) is 0 Å². The Bertz CT molecular complexity index is 1370. The van der Waals surface area contributed by atoms with E-state index in [1.165, 1.54) is 36.7 Å². The lowest BCUT2D eigenvalue weighted by molar-refractivity contribution is -0.395. The summed E-state index contributed by atoms with van der Waals surface area (Å²) in [5.41, 5.74) is -1.37. The molecule has 33 heavy (non-hydrogen) atoms. The standard InChI is InChI=1S/C19H16FN5O7S/c1-12-17(24(27)28)8-15(9-18(12)25(29)30)33(31,32)22-6-7-23-11-21-16(10-19(23)26)13-2-4-14(20)5-3-13/h2-5,8-11,22H,6-7H2,1H3. The van der Waals surface area contributed by atoms with Gasteiger partial charge in [0.25, 0.3) is 16.9 Å². The summed E-state index contributed by atoms with van der Waals surface area (Å²) >= 11 is 0. The van der Waals surface area contributed by atoms with Crippen molar-refractivity contribution in [1.29, 1.82) is 0 Å². The zero-order chi connectivity index (χ0) is 24.3. The van der Waals surface area contributed by atoms with Gasteiger partial charge in [-0.25, -0.2) is 22.5 Å². The Morgan fingerprint density at radius 3 is 2.15 bits per heavy atom. The second-order valence-electron chi connectivity index (χ2n) is 6.81. The molecule has 0 fully saturated rings. The Hall–Kier alpha value is -4.04. The molecule has 0 atom stereocenters. The van der Waals surface area contributed by atoms with Gasteiger partial charge in [0.05, 0.1) is 26.8 Å². The van der Waals surface area contributed by atoms with Crippen molar-refractivity contribution in [2.45, 2.75) is 18.4 Å². The lowest BCUT2D eigenvalue weighted by Gasteiger charge is -2.10. The molecular weight excluding hydrogens is 461 g/mol. The van der Waals surface area contributed by atoms with Crippen LogP contribution in [0.5, 0.6) is 0 Å². The molecule has 12 nitrogen and oxygen atoms in total. The zero-order valence-electron chi connectivity index (χ0n) is 17.0. The summed E-state index contributed by atoms with van der Waals surface area (Å²) < 4.78 is 41.4. The third-order valence-corrected chi connectivity index (χ3v) is 6.13. The molecule has 1 N–H and O–H groups in total. The first-order valence-electron chi connectivity index (χ1n) is 9.25. The number of sulfonamides is 1. The molecule has 0 saturated heterocycles. The number of benzene rings is 2. The van der Waals surface area contributed by atoms with E-state index in [4.69, 9.17) is 0 Å². The molecule has 172 valence electrons. The Morgan fingerprint density at radius 1 is 1.06 bits per heavy atom. The zero-order valence-corrected chi connectivity index (χ0v) is 17.8. The Kier molecular flexibility index (Phi) is 6.60. The van der Waals surface area contributed by atoms with Crippen LogP contribution in [-0.4, -0.2) is 34.4 Å². The molecule has 1 aromatic heterocycles. The van der Waals surface area contributed by atoms with Gasteiger partial charge >= 0.3 is 0 Å². The molecule has 3 rings (SSSR count). The fourth-order valence-electron chi connectivity index (χ4n) is 2.95. The van der Waals surface area contributed by atoms with Gasteiger partial charge in [0, 0.05) is 36.9 Å². The molecule has 0 bridgehead atoms. The number of rotatable bonds is 8. The van der Waals surface area contributed by atoms with E-state index in [1.807, 2.05) is 0 Å². The molecule has 0 aliphatic heterocycles. The van der Waals surface area contributed by atoms with E-state index in [0.29, 0.717) is 11.3 Å². The highest BCUT2D eigenvalue weighted by Gasteiger charge is 2.27. The molecule has 1 heterocycles. The molecule has 14 heteroatoms. The van der Waals surface area contributed by atoms with Gasteiger partial charge in [-0.2, -0.15) is 0 Å². The SMILES string of the molecule is Cc1c([N+](=O)[O-])cc(S(=O)(=O)NCCn2cnc(-c3ccc(F)cc3)cc2=O)cc1[N+](=O)[O-]. The fourth-order valence-corrected chi connectivity index (χ4v) is 4.01. The third kappa shape index (κ3) is 5.24. The maximum Gasteiger partial charge on any atom is 0.280 e. The highest BCUT2D eigenvalue weighted by molar-refractivity contribution is 7.89. The second kappa shape index (κ2) is 9.22. The van der Waals surface area contributed by atoms with Gasteiger partial charge in [-0.05, 0) is 31.2 Å². The minimum absolute atomic E-state index is 0.134. The predicted octanol–water partition coefficient (Wildman–Crippen LogP) is 2.15. The third-order valence-electron chi connectivity index (χ3n) is 4.69. The fraction of sp³-hybridized carbons (Fsp3) is 0.158. The number of nitrogens with zero attached hydrogens (tertiary/aromatic N) is 4. The van der Waals surface area contributed by atoms with E-state index in [-0.39, 0.29) is 18.7 Å². The molecule has 0 saturated carbocycles. The monoisotopic (exact) mass is 477 g/mol. The van der Waals surface area contributed by atoms with Gasteiger partial charge in [0.15, 0.2) is 0 Å².